The maximum atomic E-state index is 12.7. The van der Waals surface area contributed by atoms with Crippen molar-refractivity contribution in [3.05, 3.63) is 29.8 Å². The number of carbonyl (C=O) groups is 2. The summed E-state index contributed by atoms with van der Waals surface area (Å²) in [5, 5.41) is 8.85. The summed E-state index contributed by atoms with van der Waals surface area (Å²) in [7, 11) is 0. The predicted octanol–water partition coefficient (Wildman–Crippen LogP) is 0.861. The number of primary amides is 1. The zero-order valence-electron chi connectivity index (χ0n) is 12.9. The normalized spacial score (nSPS) is 23.0. The highest BCUT2D eigenvalue weighted by Crippen LogP contribution is 2.27. The van der Waals surface area contributed by atoms with E-state index in [0.29, 0.717) is 12.1 Å². The number of rotatable bonds is 3. The molecule has 2 aliphatic rings. The molecule has 2 fully saturated rings. The van der Waals surface area contributed by atoms with Gasteiger partial charge in [-0.25, -0.2) is 0 Å². The molecule has 2 N–H and O–H groups in total. The van der Waals surface area contributed by atoms with Gasteiger partial charge in [0.2, 0.25) is 11.8 Å². The van der Waals surface area contributed by atoms with E-state index in [9.17, 15) is 9.59 Å². The van der Waals surface area contributed by atoms with Gasteiger partial charge in [-0.15, -0.1) is 0 Å². The Kier molecular flexibility index (Phi) is 4.30. The fourth-order valence-corrected chi connectivity index (χ4v) is 3.47. The Hall–Kier alpha value is -2.39. The molecule has 0 bridgehead atoms. The number of anilines is 1. The van der Waals surface area contributed by atoms with Crippen LogP contribution in [0.1, 0.15) is 24.8 Å². The highest BCUT2D eigenvalue weighted by atomic mass is 16.2. The van der Waals surface area contributed by atoms with Crippen LogP contribution in [0.3, 0.4) is 0 Å². The Morgan fingerprint density at radius 3 is 2.35 bits per heavy atom. The zero-order chi connectivity index (χ0) is 16.4. The Morgan fingerprint density at radius 2 is 1.78 bits per heavy atom. The van der Waals surface area contributed by atoms with Crippen molar-refractivity contribution in [3.8, 4) is 6.07 Å². The lowest BCUT2D eigenvalue weighted by Gasteiger charge is -2.34. The van der Waals surface area contributed by atoms with Crippen LogP contribution in [0.25, 0.3) is 0 Å². The molecule has 2 amide bonds. The molecule has 0 radical (unpaired) electrons. The summed E-state index contributed by atoms with van der Waals surface area (Å²) < 4.78 is 0. The number of likely N-dealkylation sites (tertiary alicyclic amines) is 1. The monoisotopic (exact) mass is 312 g/mol. The molecule has 2 saturated heterocycles. The predicted molar refractivity (Wildman–Crippen MR) is 85.4 cm³/mol. The second kappa shape index (κ2) is 6.39. The molecule has 0 spiro atoms. The average Bonchev–Trinajstić information content (AvgIpc) is 2.96. The van der Waals surface area contributed by atoms with E-state index in [4.69, 9.17) is 11.0 Å². The number of hydrogen-bond acceptors (Lipinski definition) is 4. The number of amides is 2. The van der Waals surface area contributed by atoms with E-state index in [2.05, 4.69) is 11.0 Å². The van der Waals surface area contributed by atoms with Gasteiger partial charge < -0.3 is 10.6 Å². The summed E-state index contributed by atoms with van der Waals surface area (Å²) in [4.78, 5) is 27.9. The first kappa shape index (κ1) is 15.5. The number of piperidine rings is 1. The van der Waals surface area contributed by atoms with E-state index >= 15 is 0 Å². The second-order valence-electron chi connectivity index (χ2n) is 6.17. The molecule has 0 aromatic heterocycles. The van der Waals surface area contributed by atoms with Gasteiger partial charge in [-0.3, -0.25) is 14.5 Å². The lowest BCUT2D eigenvalue weighted by atomic mass is 9.95. The van der Waals surface area contributed by atoms with Crippen LogP contribution in [0.2, 0.25) is 0 Å². The van der Waals surface area contributed by atoms with Gasteiger partial charge in [0.05, 0.1) is 17.7 Å². The highest BCUT2D eigenvalue weighted by molar-refractivity contribution is 5.99. The van der Waals surface area contributed by atoms with E-state index in [0.717, 1.165) is 38.0 Å². The van der Waals surface area contributed by atoms with Gasteiger partial charge in [0.1, 0.15) is 0 Å². The number of nitrogens with zero attached hydrogens (tertiary/aromatic N) is 3. The van der Waals surface area contributed by atoms with Crippen LogP contribution in [0.4, 0.5) is 5.69 Å². The van der Waals surface area contributed by atoms with Gasteiger partial charge in [-0.1, -0.05) is 0 Å². The first-order valence-electron chi connectivity index (χ1n) is 7.95. The van der Waals surface area contributed by atoms with Crippen LogP contribution < -0.4 is 10.6 Å². The SMILES string of the molecule is N#Cc1ccc(N2CCC(N3CCC(C(N)=O)CC3)C2=O)cc1. The molecule has 6 nitrogen and oxygen atoms in total. The van der Waals surface area contributed by atoms with Gasteiger partial charge in [-0.05, 0) is 56.6 Å². The fourth-order valence-electron chi connectivity index (χ4n) is 3.47. The van der Waals surface area contributed by atoms with Crippen molar-refractivity contribution in [1.82, 2.24) is 4.90 Å². The number of nitriles is 1. The molecule has 1 unspecified atom stereocenters. The summed E-state index contributed by atoms with van der Waals surface area (Å²) in [6.07, 6.45) is 2.26. The number of carbonyl (C=O) groups excluding carboxylic acids is 2. The number of hydrogen-bond donors (Lipinski definition) is 1. The minimum Gasteiger partial charge on any atom is -0.369 e. The van der Waals surface area contributed by atoms with Crippen molar-refractivity contribution >= 4 is 17.5 Å². The maximum absolute atomic E-state index is 12.7. The van der Waals surface area contributed by atoms with Crippen LogP contribution in [-0.2, 0) is 9.59 Å². The van der Waals surface area contributed by atoms with Crippen molar-refractivity contribution in [2.75, 3.05) is 24.5 Å². The minimum absolute atomic E-state index is 0.0580. The molecule has 2 aliphatic heterocycles. The Bertz CT molecular complexity index is 642. The molecule has 23 heavy (non-hydrogen) atoms. The van der Waals surface area contributed by atoms with Gasteiger partial charge in [-0.2, -0.15) is 5.26 Å². The van der Waals surface area contributed by atoms with Crippen LogP contribution in [0.5, 0.6) is 0 Å². The lowest BCUT2D eigenvalue weighted by molar-refractivity contribution is -0.124. The highest BCUT2D eigenvalue weighted by Gasteiger charge is 2.38. The summed E-state index contributed by atoms with van der Waals surface area (Å²) in [6, 6.07) is 9.06. The quantitative estimate of drug-likeness (QED) is 0.896. The van der Waals surface area contributed by atoms with Crippen LogP contribution >= 0.6 is 0 Å². The van der Waals surface area contributed by atoms with E-state index in [1.165, 1.54) is 0 Å². The van der Waals surface area contributed by atoms with Crippen LogP contribution in [-0.4, -0.2) is 42.4 Å². The topological polar surface area (TPSA) is 90.4 Å². The summed E-state index contributed by atoms with van der Waals surface area (Å²) in [5.41, 5.74) is 6.78. The molecule has 3 rings (SSSR count). The summed E-state index contributed by atoms with van der Waals surface area (Å²) in [6.45, 7) is 2.17. The van der Waals surface area contributed by atoms with Crippen molar-refractivity contribution < 1.29 is 9.59 Å². The zero-order valence-corrected chi connectivity index (χ0v) is 12.9. The van der Waals surface area contributed by atoms with E-state index in [-0.39, 0.29) is 23.8 Å². The third kappa shape index (κ3) is 3.06. The van der Waals surface area contributed by atoms with Gasteiger partial charge in [0, 0.05) is 18.2 Å². The van der Waals surface area contributed by atoms with Gasteiger partial charge >= 0.3 is 0 Å². The summed E-state index contributed by atoms with van der Waals surface area (Å²) in [5.74, 6) is -0.189. The molecule has 0 aliphatic carbocycles. The molecule has 1 aromatic carbocycles. The standard InChI is InChI=1S/C17H20N4O2/c18-11-12-1-3-14(4-2-12)21-10-7-15(17(21)23)20-8-5-13(6-9-20)16(19)22/h1-4,13,15H,5-10H2,(H2,19,22). The Labute approximate surface area is 135 Å². The van der Waals surface area contributed by atoms with E-state index in [1.807, 2.05) is 12.1 Å². The maximum Gasteiger partial charge on any atom is 0.244 e. The third-order valence-electron chi connectivity index (χ3n) is 4.86. The molecule has 2 heterocycles. The summed E-state index contributed by atoms with van der Waals surface area (Å²) >= 11 is 0. The van der Waals surface area contributed by atoms with E-state index in [1.54, 1.807) is 17.0 Å². The van der Waals surface area contributed by atoms with Gasteiger partial charge in [0.15, 0.2) is 0 Å². The second-order valence-corrected chi connectivity index (χ2v) is 6.17. The van der Waals surface area contributed by atoms with Crippen molar-refractivity contribution in [1.29, 1.82) is 5.26 Å². The largest absolute Gasteiger partial charge is 0.369 e. The fraction of sp³-hybridized carbons (Fsp3) is 0.471. The third-order valence-corrected chi connectivity index (χ3v) is 4.86. The number of benzene rings is 1. The average molecular weight is 312 g/mol. The van der Waals surface area contributed by atoms with Crippen molar-refractivity contribution in [2.24, 2.45) is 11.7 Å². The van der Waals surface area contributed by atoms with Crippen LogP contribution in [0, 0.1) is 17.2 Å². The van der Waals surface area contributed by atoms with Crippen molar-refractivity contribution in [2.45, 2.75) is 25.3 Å². The number of nitrogens with two attached hydrogens (primary N) is 1. The molecule has 6 heteroatoms. The van der Waals surface area contributed by atoms with Crippen LogP contribution in [0.15, 0.2) is 24.3 Å². The first-order valence-corrected chi connectivity index (χ1v) is 7.95. The first-order chi connectivity index (χ1) is 11.1. The van der Waals surface area contributed by atoms with E-state index < -0.39 is 0 Å². The molecule has 0 saturated carbocycles. The molecule has 1 aromatic rings. The Morgan fingerprint density at radius 1 is 1.13 bits per heavy atom. The van der Waals surface area contributed by atoms with Gasteiger partial charge in [0.25, 0.3) is 0 Å². The molecular weight excluding hydrogens is 292 g/mol. The Balaban J connectivity index is 1.65. The molecule has 120 valence electrons. The smallest absolute Gasteiger partial charge is 0.244 e. The van der Waals surface area contributed by atoms with Crippen molar-refractivity contribution in [3.63, 3.8) is 0 Å². The molecular formula is C17H20N4O2. The minimum atomic E-state index is -0.235. The molecule has 1 atom stereocenters. The lowest BCUT2D eigenvalue weighted by Crippen LogP contribution is -2.47.